The summed E-state index contributed by atoms with van der Waals surface area (Å²) >= 11 is 0. The summed E-state index contributed by atoms with van der Waals surface area (Å²) in [7, 11) is 0. The van der Waals surface area contributed by atoms with Gasteiger partial charge >= 0.3 is 0 Å². The zero-order chi connectivity index (χ0) is 20.9. The molecule has 0 amide bonds. The molecule has 4 aromatic rings. The Hall–Kier alpha value is -3.13. The van der Waals surface area contributed by atoms with Gasteiger partial charge in [-0.25, -0.2) is 4.57 Å². The lowest BCUT2D eigenvalue weighted by atomic mass is 9.96. The summed E-state index contributed by atoms with van der Waals surface area (Å²) in [5, 5.41) is 0. The third kappa shape index (κ3) is 4.38. The normalized spacial score (nSPS) is 12.3. The van der Waals surface area contributed by atoms with Crippen LogP contribution in [0.5, 0.6) is 0 Å². The number of aromatic nitrogens is 2. The summed E-state index contributed by atoms with van der Waals surface area (Å²) in [5.74, 6) is 1.78. The van der Waals surface area contributed by atoms with E-state index < -0.39 is 0 Å². The molecule has 1 aromatic heterocycles. The average Bonchev–Trinajstić information content (AvgIpc) is 3.13. The Morgan fingerprint density at radius 2 is 1.30 bits per heavy atom. The minimum absolute atomic E-state index is 0.402. The third-order valence-corrected chi connectivity index (χ3v) is 5.79. The highest BCUT2D eigenvalue weighted by molar-refractivity contribution is 5.36. The Kier molecular flexibility index (Phi) is 6.13. The molecule has 3 aromatic carbocycles. The quantitative estimate of drug-likeness (QED) is 0.326. The molecule has 0 aliphatic rings. The zero-order valence-electron chi connectivity index (χ0n) is 18.2. The molecular formula is C28H31N2+. The number of nitrogens with zero attached hydrogens (tertiary/aromatic N) is 2. The Labute approximate surface area is 180 Å². The van der Waals surface area contributed by atoms with Crippen LogP contribution in [0.25, 0.3) is 5.69 Å². The van der Waals surface area contributed by atoms with Crippen molar-refractivity contribution in [3.63, 3.8) is 0 Å². The molecule has 1 heterocycles. The van der Waals surface area contributed by atoms with Gasteiger partial charge in [0.1, 0.15) is 17.6 Å². The highest BCUT2D eigenvalue weighted by Gasteiger charge is 2.27. The predicted octanol–water partition coefficient (Wildman–Crippen LogP) is 6.28. The molecule has 1 unspecified atom stereocenters. The van der Waals surface area contributed by atoms with Gasteiger partial charge in [-0.3, -0.25) is 0 Å². The topological polar surface area (TPSA) is 8.81 Å². The van der Waals surface area contributed by atoms with E-state index in [1.807, 2.05) is 0 Å². The fraction of sp³-hybridized carbons (Fsp3) is 0.250. The molecule has 0 bridgehead atoms. The van der Waals surface area contributed by atoms with Crippen molar-refractivity contribution in [1.82, 2.24) is 4.57 Å². The molecule has 0 aliphatic heterocycles. The van der Waals surface area contributed by atoms with E-state index >= 15 is 0 Å². The summed E-state index contributed by atoms with van der Waals surface area (Å²) in [6.45, 7) is 6.87. The van der Waals surface area contributed by atoms with E-state index in [0.29, 0.717) is 12.0 Å². The van der Waals surface area contributed by atoms with Crippen LogP contribution in [0, 0.1) is 0 Å². The summed E-state index contributed by atoms with van der Waals surface area (Å²) < 4.78 is 4.93. The highest BCUT2D eigenvalue weighted by Crippen LogP contribution is 2.24. The third-order valence-electron chi connectivity index (χ3n) is 5.79. The van der Waals surface area contributed by atoms with Crippen molar-refractivity contribution in [1.29, 1.82) is 0 Å². The van der Waals surface area contributed by atoms with E-state index in [9.17, 15) is 0 Å². The first-order valence-corrected chi connectivity index (χ1v) is 10.9. The second-order valence-corrected chi connectivity index (χ2v) is 8.39. The minimum atomic E-state index is 0.402. The maximum Gasteiger partial charge on any atom is 0.266 e. The Bertz CT molecular complexity index is 1060. The van der Waals surface area contributed by atoms with Gasteiger partial charge in [0.05, 0.1) is 12.5 Å². The van der Waals surface area contributed by atoms with Crippen molar-refractivity contribution in [2.75, 3.05) is 0 Å². The maximum atomic E-state index is 2.48. The number of rotatable bonds is 7. The Morgan fingerprint density at radius 3 is 1.90 bits per heavy atom. The molecule has 0 N–H and O–H groups in total. The van der Waals surface area contributed by atoms with Gasteiger partial charge in [0.2, 0.25) is 0 Å². The first-order chi connectivity index (χ1) is 14.6. The maximum absolute atomic E-state index is 2.48. The summed E-state index contributed by atoms with van der Waals surface area (Å²) in [4.78, 5) is 0. The second kappa shape index (κ2) is 9.13. The van der Waals surface area contributed by atoms with Gasteiger partial charge < -0.3 is 0 Å². The number of benzene rings is 3. The van der Waals surface area contributed by atoms with E-state index in [4.69, 9.17) is 0 Å². The number of hydrogen-bond acceptors (Lipinski definition) is 0. The lowest BCUT2D eigenvalue weighted by Crippen LogP contribution is -2.39. The molecule has 2 heteroatoms. The molecular weight excluding hydrogens is 364 g/mol. The van der Waals surface area contributed by atoms with E-state index in [2.05, 4.69) is 127 Å². The van der Waals surface area contributed by atoms with E-state index in [-0.39, 0.29) is 0 Å². The van der Waals surface area contributed by atoms with E-state index in [0.717, 1.165) is 12.8 Å². The van der Waals surface area contributed by atoms with Crippen LogP contribution in [-0.4, -0.2) is 4.57 Å². The standard InChI is InChI=1S/C28H31N2/c1-22(2)29-21-27(19-23(3)25-15-9-5-10-16-25)30(26-17-11-6-12-18-26)28(29)20-24-13-7-4-8-14-24/h4-18,21-23H,19-20H2,1-3H3/q+1. The van der Waals surface area contributed by atoms with Crippen LogP contribution < -0.4 is 4.57 Å². The van der Waals surface area contributed by atoms with Gasteiger partial charge in [-0.05, 0) is 43.0 Å². The monoisotopic (exact) mass is 395 g/mol. The highest BCUT2D eigenvalue weighted by atomic mass is 15.2. The van der Waals surface area contributed by atoms with Gasteiger partial charge in [0.25, 0.3) is 5.82 Å². The smallest absolute Gasteiger partial charge is 0.231 e. The van der Waals surface area contributed by atoms with Crippen molar-refractivity contribution in [2.45, 2.75) is 45.6 Å². The zero-order valence-corrected chi connectivity index (χ0v) is 18.2. The first-order valence-electron chi connectivity index (χ1n) is 10.9. The summed E-state index contributed by atoms with van der Waals surface area (Å²) in [6.07, 6.45) is 4.28. The van der Waals surface area contributed by atoms with Crippen molar-refractivity contribution in [3.8, 4) is 5.69 Å². The largest absolute Gasteiger partial charge is 0.266 e. The van der Waals surface area contributed by atoms with Crippen molar-refractivity contribution < 1.29 is 4.57 Å². The van der Waals surface area contributed by atoms with Crippen LogP contribution in [0.3, 0.4) is 0 Å². The fourth-order valence-corrected chi connectivity index (χ4v) is 4.22. The van der Waals surface area contributed by atoms with Gasteiger partial charge in [-0.15, -0.1) is 0 Å². The number of para-hydroxylation sites is 1. The van der Waals surface area contributed by atoms with Gasteiger partial charge in [-0.1, -0.05) is 85.8 Å². The van der Waals surface area contributed by atoms with Gasteiger partial charge in [0.15, 0.2) is 0 Å². The number of imidazole rings is 1. The Morgan fingerprint density at radius 1 is 0.733 bits per heavy atom. The molecule has 152 valence electrons. The van der Waals surface area contributed by atoms with Gasteiger partial charge in [-0.2, -0.15) is 4.57 Å². The molecule has 1 atom stereocenters. The molecule has 0 aliphatic carbocycles. The van der Waals surface area contributed by atoms with Gasteiger partial charge in [0, 0.05) is 6.42 Å². The van der Waals surface area contributed by atoms with Crippen molar-refractivity contribution >= 4 is 0 Å². The molecule has 2 nitrogen and oxygen atoms in total. The van der Waals surface area contributed by atoms with Crippen molar-refractivity contribution in [2.24, 2.45) is 0 Å². The SMILES string of the molecule is CC(Cc1c[n+](C(C)C)c(Cc2ccccc2)n1-c1ccccc1)c1ccccc1. The van der Waals surface area contributed by atoms with E-state index in [1.54, 1.807) is 0 Å². The van der Waals surface area contributed by atoms with Crippen LogP contribution in [0.2, 0.25) is 0 Å². The van der Waals surface area contributed by atoms with Crippen LogP contribution in [0.1, 0.15) is 55.4 Å². The molecule has 0 saturated carbocycles. The predicted molar refractivity (Wildman–Crippen MR) is 124 cm³/mol. The van der Waals surface area contributed by atoms with Crippen LogP contribution >= 0.6 is 0 Å². The lowest BCUT2D eigenvalue weighted by molar-refractivity contribution is -0.722. The van der Waals surface area contributed by atoms with E-state index in [1.165, 1.54) is 28.3 Å². The minimum Gasteiger partial charge on any atom is -0.231 e. The van der Waals surface area contributed by atoms with Crippen LogP contribution in [0.15, 0.2) is 97.2 Å². The molecule has 0 saturated heterocycles. The fourth-order valence-electron chi connectivity index (χ4n) is 4.22. The molecule has 4 rings (SSSR count). The summed E-state index contributed by atoms with van der Waals surface area (Å²) in [6, 6.07) is 32.8. The van der Waals surface area contributed by atoms with Crippen LogP contribution in [-0.2, 0) is 12.8 Å². The van der Waals surface area contributed by atoms with Crippen molar-refractivity contribution in [3.05, 3.63) is 120 Å². The molecule has 30 heavy (non-hydrogen) atoms. The summed E-state index contributed by atoms with van der Waals surface area (Å²) in [5.41, 5.74) is 5.32. The number of hydrogen-bond donors (Lipinski definition) is 0. The molecule has 0 radical (unpaired) electrons. The van der Waals surface area contributed by atoms with Crippen LogP contribution in [0.4, 0.5) is 0 Å². The first kappa shape index (κ1) is 20.2. The molecule has 0 fully saturated rings. The Balaban J connectivity index is 1.81. The molecule has 0 spiro atoms. The second-order valence-electron chi connectivity index (χ2n) is 8.39. The lowest BCUT2D eigenvalue weighted by Gasteiger charge is -2.12. The average molecular weight is 396 g/mol.